The molecule has 144 valence electrons. The number of anilines is 1. The van der Waals surface area contributed by atoms with Gasteiger partial charge >= 0.3 is 6.09 Å². The van der Waals surface area contributed by atoms with Gasteiger partial charge in [-0.3, -0.25) is 0 Å². The van der Waals surface area contributed by atoms with Crippen LogP contribution < -0.4 is 4.90 Å². The topological polar surface area (TPSA) is 91.7 Å². The molecule has 2 aliphatic heterocycles. The summed E-state index contributed by atoms with van der Waals surface area (Å²) in [6, 6.07) is 3.93. The van der Waals surface area contributed by atoms with Crippen molar-refractivity contribution < 1.29 is 14.6 Å². The number of rotatable bonds is 3. The Morgan fingerprint density at radius 2 is 1.89 bits per heavy atom. The van der Waals surface area contributed by atoms with Crippen molar-refractivity contribution in [2.45, 2.75) is 19.3 Å². The number of fused-ring (bicyclic) bond motifs is 1. The molecule has 0 aromatic carbocycles. The zero-order chi connectivity index (χ0) is 18.8. The quantitative estimate of drug-likeness (QED) is 0.803. The van der Waals surface area contributed by atoms with Crippen LogP contribution in [0.15, 0.2) is 12.1 Å². The molecule has 0 atom stereocenters. The van der Waals surface area contributed by atoms with Crippen LogP contribution in [0.2, 0.25) is 5.28 Å². The van der Waals surface area contributed by atoms with Crippen LogP contribution in [0, 0.1) is 5.92 Å². The first kappa shape index (κ1) is 18.2. The van der Waals surface area contributed by atoms with Crippen LogP contribution in [0.1, 0.15) is 18.5 Å². The highest BCUT2D eigenvalue weighted by Gasteiger charge is 2.23. The van der Waals surface area contributed by atoms with Gasteiger partial charge in [-0.25, -0.2) is 14.8 Å². The number of amides is 1. The maximum absolute atomic E-state index is 11.1. The molecule has 8 nitrogen and oxygen atoms in total. The minimum atomic E-state index is -0.832. The van der Waals surface area contributed by atoms with Crippen molar-refractivity contribution in [2.75, 3.05) is 44.3 Å². The van der Waals surface area contributed by atoms with Crippen molar-refractivity contribution in [1.29, 1.82) is 0 Å². The minimum absolute atomic E-state index is 0.222. The van der Waals surface area contributed by atoms with Crippen LogP contribution in [-0.4, -0.2) is 70.4 Å². The second-order valence-electron chi connectivity index (χ2n) is 7.00. The Hall–Kier alpha value is -2.19. The summed E-state index contributed by atoms with van der Waals surface area (Å²) in [5.41, 5.74) is 2.49. The first-order valence-electron chi connectivity index (χ1n) is 9.24. The molecule has 0 bridgehead atoms. The Balaban J connectivity index is 1.56. The fraction of sp³-hybridized carbons (Fsp3) is 0.556. The first-order chi connectivity index (χ1) is 13.1. The van der Waals surface area contributed by atoms with Crippen molar-refractivity contribution in [3.63, 3.8) is 0 Å². The van der Waals surface area contributed by atoms with Gasteiger partial charge in [-0.15, -0.1) is 0 Å². The smallest absolute Gasteiger partial charge is 0.407 e. The van der Waals surface area contributed by atoms with Crippen molar-refractivity contribution in [2.24, 2.45) is 5.92 Å². The number of morpholine rings is 1. The molecule has 1 amide bonds. The van der Waals surface area contributed by atoms with Gasteiger partial charge in [0.1, 0.15) is 5.52 Å². The van der Waals surface area contributed by atoms with Gasteiger partial charge in [0, 0.05) is 31.9 Å². The van der Waals surface area contributed by atoms with Crippen molar-refractivity contribution in [3.05, 3.63) is 23.1 Å². The number of hydrogen-bond donors (Lipinski definition) is 1. The third-order valence-electron chi connectivity index (χ3n) is 5.25. The van der Waals surface area contributed by atoms with Gasteiger partial charge in [-0.05, 0) is 48.9 Å². The molecule has 2 saturated heterocycles. The zero-order valence-corrected chi connectivity index (χ0v) is 15.7. The van der Waals surface area contributed by atoms with Crippen LogP contribution in [0.5, 0.6) is 0 Å². The predicted octanol–water partition coefficient (Wildman–Crippen LogP) is 2.45. The Morgan fingerprint density at radius 3 is 2.59 bits per heavy atom. The summed E-state index contributed by atoms with van der Waals surface area (Å²) >= 11 is 6.12. The number of aromatic nitrogens is 3. The number of carboxylic acid groups (broad SMARTS) is 1. The third kappa shape index (κ3) is 4.06. The molecule has 4 rings (SSSR count). The molecule has 2 fully saturated rings. The first-order valence-corrected chi connectivity index (χ1v) is 9.61. The lowest BCUT2D eigenvalue weighted by atomic mass is 9.92. The van der Waals surface area contributed by atoms with E-state index in [1.165, 1.54) is 4.90 Å². The maximum atomic E-state index is 11.1. The molecule has 27 heavy (non-hydrogen) atoms. The van der Waals surface area contributed by atoms with Crippen molar-refractivity contribution >= 4 is 34.5 Å². The molecular weight excluding hydrogens is 370 g/mol. The van der Waals surface area contributed by atoms with Gasteiger partial charge in [-0.2, -0.15) is 4.98 Å². The summed E-state index contributed by atoms with van der Waals surface area (Å²) in [6.07, 6.45) is 1.72. The van der Waals surface area contributed by atoms with Crippen LogP contribution >= 0.6 is 11.6 Å². The fourth-order valence-electron chi connectivity index (χ4n) is 3.75. The fourth-order valence-corrected chi connectivity index (χ4v) is 3.92. The Labute approximate surface area is 162 Å². The average molecular weight is 392 g/mol. The van der Waals surface area contributed by atoms with Crippen molar-refractivity contribution in [1.82, 2.24) is 19.9 Å². The Kier molecular flexibility index (Phi) is 5.27. The van der Waals surface area contributed by atoms with E-state index < -0.39 is 6.09 Å². The SMILES string of the molecule is O=C(O)N1CCC(Cc2ccc3nc(Cl)nc(N4CCOCC4)c3n2)CC1. The third-order valence-corrected chi connectivity index (χ3v) is 5.42. The molecule has 9 heteroatoms. The van der Waals surface area contributed by atoms with E-state index in [9.17, 15) is 4.79 Å². The highest BCUT2D eigenvalue weighted by atomic mass is 35.5. The number of piperidine rings is 1. The van der Waals surface area contributed by atoms with Gasteiger partial charge in [-0.1, -0.05) is 0 Å². The van der Waals surface area contributed by atoms with Gasteiger partial charge < -0.3 is 19.6 Å². The average Bonchev–Trinajstić information content (AvgIpc) is 2.69. The molecule has 2 aliphatic rings. The molecule has 2 aromatic heterocycles. The number of carbonyl (C=O) groups is 1. The lowest BCUT2D eigenvalue weighted by molar-refractivity contribution is 0.122. The highest BCUT2D eigenvalue weighted by molar-refractivity contribution is 6.28. The van der Waals surface area contributed by atoms with E-state index in [1.54, 1.807) is 0 Å². The molecule has 4 heterocycles. The van der Waals surface area contributed by atoms with E-state index in [1.807, 2.05) is 12.1 Å². The molecule has 1 N–H and O–H groups in total. The number of nitrogens with zero attached hydrogens (tertiary/aromatic N) is 5. The predicted molar refractivity (Wildman–Crippen MR) is 101 cm³/mol. The summed E-state index contributed by atoms with van der Waals surface area (Å²) in [5.74, 6) is 1.20. The molecular formula is C18H22ClN5O3. The van der Waals surface area contributed by atoms with E-state index in [4.69, 9.17) is 26.4 Å². The van der Waals surface area contributed by atoms with Crippen molar-refractivity contribution in [3.8, 4) is 0 Å². The maximum Gasteiger partial charge on any atom is 0.407 e. The number of pyridine rings is 1. The van der Waals surface area contributed by atoms with Crippen LogP contribution in [0.4, 0.5) is 10.6 Å². The lowest BCUT2D eigenvalue weighted by Crippen LogP contribution is -2.38. The second kappa shape index (κ2) is 7.82. The van der Waals surface area contributed by atoms with E-state index in [2.05, 4.69) is 14.9 Å². The molecule has 2 aromatic rings. The number of halogens is 1. The summed E-state index contributed by atoms with van der Waals surface area (Å²) in [6.45, 7) is 4.00. The second-order valence-corrected chi connectivity index (χ2v) is 7.34. The molecule has 0 aliphatic carbocycles. The van der Waals surface area contributed by atoms with Gasteiger partial charge in [0.05, 0.1) is 18.7 Å². The van der Waals surface area contributed by atoms with Crippen LogP contribution in [0.25, 0.3) is 11.0 Å². The van der Waals surface area contributed by atoms with E-state index >= 15 is 0 Å². The standard InChI is InChI=1S/C18H22ClN5O3/c19-17-21-14-2-1-13(11-12-3-5-24(6-4-12)18(25)26)20-15(14)16(22-17)23-7-9-27-10-8-23/h1-2,12H,3-11H2,(H,25,26). The molecule has 0 spiro atoms. The summed E-state index contributed by atoms with van der Waals surface area (Å²) < 4.78 is 5.43. The highest BCUT2D eigenvalue weighted by Crippen LogP contribution is 2.27. The zero-order valence-electron chi connectivity index (χ0n) is 15.0. The number of likely N-dealkylation sites (tertiary alicyclic amines) is 1. The molecule has 0 saturated carbocycles. The lowest BCUT2D eigenvalue weighted by Gasteiger charge is -2.30. The van der Waals surface area contributed by atoms with Gasteiger partial charge in [0.25, 0.3) is 0 Å². The molecule has 0 unspecified atom stereocenters. The minimum Gasteiger partial charge on any atom is -0.465 e. The molecule has 0 radical (unpaired) electrons. The Morgan fingerprint density at radius 1 is 1.15 bits per heavy atom. The number of hydrogen-bond acceptors (Lipinski definition) is 6. The van der Waals surface area contributed by atoms with Crippen LogP contribution in [0.3, 0.4) is 0 Å². The summed E-state index contributed by atoms with van der Waals surface area (Å²) in [7, 11) is 0. The Bertz CT molecular complexity index is 835. The summed E-state index contributed by atoms with van der Waals surface area (Å²) in [4.78, 5) is 28.3. The van der Waals surface area contributed by atoms with Gasteiger partial charge in [0.15, 0.2) is 5.82 Å². The number of ether oxygens (including phenoxy) is 1. The normalized spacial score (nSPS) is 18.9. The van der Waals surface area contributed by atoms with Gasteiger partial charge in [0.2, 0.25) is 5.28 Å². The monoisotopic (exact) mass is 391 g/mol. The van der Waals surface area contributed by atoms with E-state index in [0.29, 0.717) is 32.2 Å². The summed E-state index contributed by atoms with van der Waals surface area (Å²) in [5, 5.41) is 9.31. The largest absolute Gasteiger partial charge is 0.465 e. The van der Waals surface area contributed by atoms with E-state index in [0.717, 1.165) is 54.9 Å². The van der Waals surface area contributed by atoms with E-state index in [-0.39, 0.29) is 5.28 Å². The van der Waals surface area contributed by atoms with Crippen LogP contribution in [-0.2, 0) is 11.2 Å².